The summed E-state index contributed by atoms with van der Waals surface area (Å²) in [6.45, 7) is 2.36. The van der Waals surface area contributed by atoms with Gasteiger partial charge in [-0.1, -0.05) is 84.9 Å². The highest BCUT2D eigenvalue weighted by atomic mass is 32.2. The summed E-state index contributed by atoms with van der Waals surface area (Å²) in [5, 5.41) is 8.08. The van der Waals surface area contributed by atoms with E-state index in [4.69, 9.17) is 9.47 Å². The molecule has 5 rings (SSSR count). The van der Waals surface area contributed by atoms with Crippen molar-refractivity contribution in [3.63, 3.8) is 0 Å². The van der Waals surface area contributed by atoms with Crippen LogP contribution in [-0.2, 0) is 9.59 Å². The normalized spacial score (nSPS) is 11.6. The number of nitrogens with one attached hydrogen (secondary N) is 3. The highest BCUT2D eigenvalue weighted by Crippen LogP contribution is 2.38. The van der Waals surface area contributed by atoms with Crippen LogP contribution in [0.1, 0.15) is 33.7 Å². The third kappa shape index (κ3) is 8.92. The van der Waals surface area contributed by atoms with Crippen LogP contribution in [0.2, 0.25) is 0 Å². The van der Waals surface area contributed by atoms with Crippen molar-refractivity contribution >= 4 is 46.9 Å². The van der Waals surface area contributed by atoms with E-state index in [1.807, 2.05) is 79.7 Å². The molecule has 8 nitrogen and oxygen atoms in total. The van der Waals surface area contributed by atoms with E-state index in [2.05, 4.69) is 16.0 Å². The number of amides is 3. The minimum atomic E-state index is -0.613. The number of thioether (sulfide) groups is 1. The molecule has 0 fully saturated rings. The molecular formula is C39H35N3O5S. The maximum atomic E-state index is 13.8. The number of hydrogen-bond acceptors (Lipinski definition) is 6. The first-order valence-electron chi connectivity index (χ1n) is 15.3. The standard InChI is InChI=1S/C39H35N3O5S/c1-3-47-35-24-13-11-22-32(35)41-39(45)36(27-15-6-4-7-16-27)48-31-21-14-20-30(26-31)40-38(44)33(25-29-19-10-12-23-34(29)46-2)42-37(43)28-17-8-5-9-18-28/h4-26,36H,3H2,1-2H3,(H,40,44)(H,41,45)(H,42,43)/b33-25+. The molecule has 0 aliphatic heterocycles. The van der Waals surface area contributed by atoms with Crippen molar-refractivity contribution in [1.82, 2.24) is 5.32 Å². The van der Waals surface area contributed by atoms with Crippen LogP contribution in [0.4, 0.5) is 11.4 Å². The predicted octanol–water partition coefficient (Wildman–Crippen LogP) is 7.98. The highest BCUT2D eigenvalue weighted by Gasteiger charge is 2.24. The Hall–Kier alpha value is -5.80. The molecule has 5 aromatic rings. The van der Waals surface area contributed by atoms with Gasteiger partial charge in [0, 0.05) is 21.7 Å². The molecule has 0 spiro atoms. The number of anilines is 2. The van der Waals surface area contributed by atoms with Crippen molar-refractivity contribution in [3.8, 4) is 11.5 Å². The molecule has 0 aliphatic carbocycles. The number of carbonyl (C=O) groups is 3. The van der Waals surface area contributed by atoms with Crippen molar-refractivity contribution in [2.45, 2.75) is 17.1 Å². The fourth-order valence-corrected chi connectivity index (χ4v) is 5.90. The van der Waals surface area contributed by atoms with Crippen molar-refractivity contribution in [2.75, 3.05) is 24.4 Å². The molecular weight excluding hydrogens is 623 g/mol. The minimum absolute atomic E-state index is 0.0286. The lowest BCUT2D eigenvalue weighted by molar-refractivity contribution is -0.116. The summed E-state index contributed by atoms with van der Waals surface area (Å²) in [5.74, 6) is -0.0510. The van der Waals surface area contributed by atoms with E-state index in [0.717, 1.165) is 10.5 Å². The summed E-state index contributed by atoms with van der Waals surface area (Å²) in [6.07, 6.45) is 1.57. The molecule has 1 unspecified atom stereocenters. The van der Waals surface area contributed by atoms with Gasteiger partial charge in [-0.3, -0.25) is 14.4 Å². The van der Waals surface area contributed by atoms with Crippen molar-refractivity contribution < 1.29 is 23.9 Å². The quantitative estimate of drug-likeness (QED) is 0.0876. The van der Waals surface area contributed by atoms with Crippen LogP contribution in [-0.4, -0.2) is 31.4 Å². The van der Waals surface area contributed by atoms with Gasteiger partial charge in [0.1, 0.15) is 22.4 Å². The van der Waals surface area contributed by atoms with Gasteiger partial charge < -0.3 is 25.4 Å². The molecule has 0 heterocycles. The third-order valence-electron chi connectivity index (χ3n) is 7.10. The van der Waals surface area contributed by atoms with Crippen LogP contribution in [0.5, 0.6) is 11.5 Å². The van der Waals surface area contributed by atoms with Crippen molar-refractivity contribution in [3.05, 3.63) is 156 Å². The second-order valence-corrected chi connectivity index (χ2v) is 11.6. The summed E-state index contributed by atoms with van der Waals surface area (Å²) in [5.41, 5.74) is 2.93. The van der Waals surface area contributed by atoms with Gasteiger partial charge in [0.15, 0.2) is 0 Å². The van der Waals surface area contributed by atoms with Gasteiger partial charge in [-0.2, -0.15) is 0 Å². The Morgan fingerprint density at radius 2 is 1.42 bits per heavy atom. The monoisotopic (exact) mass is 657 g/mol. The van der Waals surface area contributed by atoms with Gasteiger partial charge in [0.25, 0.3) is 11.8 Å². The van der Waals surface area contributed by atoms with Crippen LogP contribution in [0, 0.1) is 0 Å². The van der Waals surface area contributed by atoms with Crippen LogP contribution in [0.25, 0.3) is 6.08 Å². The first-order valence-corrected chi connectivity index (χ1v) is 16.2. The Morgan fingerprint density at radius 1 is 0.750 bits per heavy atom. The molecule has 1 atom stereocenters. The van der Waals surface area contributed by atoms with E-state index in [0.29, 0.717) is 40.6 Å². The largest absolute Gasteiger partial charge is 0.496 e. The van der Waals surface area contributed by atoms with Crippen LogP contribution < -0.4 is 25.4 Å². The molecule has 9 heteroatoms. The van der Waals surface area contributed by atoms with E-state index < -0.39 is 17.1 Å². The molecule has 3 amide bonds. The number of rotatable bonds is 13. The Kier molecular flexibility index (Phi) is 11.7. The summed E-state index contributed by atoms with van der Waals surface area (Å²) < 4.78 is 11.2. The lowest BCUT2D eigenvalue weighted by Gasteiger charge is -2.19. The van der Waals surface area contributed by atoms with E-state index >= 15 is 0 Å². The van der Waals surface area contributed by atoms with Gasteiger partial charge in [0.05, 0.1) is 19.4 Å². The van der Waals surface area contributed by atoms with Gasteiger partial charge >= 0.3 is 0 Å². The molecule has 0 bridgehead atoms. The second-order valence-electron chi connectivity index (χ2n) is 10.4. The van der Waals surface area contributed by atoms with Gasteiger partial charge in [-0.05, 0) is 67.1 Å². The van der Waals surface area contributed by atoms with Crippen LogP contribution >= 0.6 is 11.8 Å². The van der Waals surface area contributed by atoms with Crippen molar-refractivity contribution in [2.24, 2.45) is 0 Å². The summed E-state index contributed by atoms with van der Waals surface area (Å²) in [6, 6.07) is 39.9. The zero-order valence-corrected chi connectivity index (χ0v) is 27.3. The minimum Gasteiger partial charge on any atom is -0.496 e. The number of para-hydroxylation sites is 3. The Labute approximate surface area is 284 Å². The molecule has 0 radical (unpaired) electrons. The number of benzene rings is 5. The highest BCUT2D eigenvalue weighted by molar-refractivity contribution is 8.00. The molecule has 3 N–H and O–H groups in total. The van der Waals surface area contributed by atoms with Gasteiger partial charge in [-0.15, -0.1) is 11.8 Å². The Balaban J connectivity index is 1.39. The Bertz CT molecular complexity index is 1900. The number of methoxy groups -OCH3 is 1. The van der Waals surface area contributed by atoms with Gasteiger partial charge in [-0.25, -0.2) is 0 Å². The first-order chi connectivity index (χ1) is 23.4. The lowest BCUT2D eigenvalue weighted by Crippen LogP contribution is -2.30. The van der Waals surface area contributed by atoms with Crippen LogP contribution in [0.3, 0.4) is 0 Å². The lowest BCUT2D eigenvalue weighted by atomic mass is 10.1. The van der Waals surface area contributed by atoms with Crippen LogP contribution in [0.15, 0.2) is 144 Å². The smallest absolute Gasteiger partial charge is 0.272 e. The summed E-state index contributed by atoms with van der Waals surface area (Å²) in [7, 11) is 1.54. The zero-order valence-electron chi connectivity index (χ0n) is 26.5. The Morgan fingerprint density at radius 3 is 2.15 bits per heavy atom. The fourth-order valence-electron chi connectivity index (χ4n) is 4.82. The van der Waals surface area contributed by atoms with E-state index in [-0.39, 0.29) is 11.6 Å². The van der Waals surface area contributed by atoms with Crippen molar-refractivity contribution in [1.29, 1.82) is 0 Å². The maximum Gasteiger partial charge on any atom is 0.272 e. The summed E-state index contributed by atoms with van der Waals surface area (Å²) >= 11 is 1.35. The topological polar surface area (TPSA) is 106 Å². The third-order valence-corrected chi connectivity index (χ3v) is 8.35. The number of hydrogen-bond donors (Lipinski definition) is 3. The second kappa shape index (κ2) is 16.7. The molecule has 0 aromatic heterocycles. The SMILES string of the molecule is CCOc1ccccc1NC(=O)C(Sc1cccc(NC(=O)/C(=C\c2ccccc2OC)NC(=O)c2ccccc2)c1)c1ccccc1. The molecule has 0 saturated heterocycles. The molecule has 48 heavy (non-hydrogen) atoms. The molecule has 0 saturated carbocycles. The molecule has 242 valence electrons. The average molecular weight is 658 g/mol. The zero-order chi connectivity index (χ0) is 33.7. The predicted molar refractivity (Wildman–Crippen MR) is 191 cm³/mol. The van der Waals surface area contributed by atoms with Gasteiger partial charge in [0.2, 0.25) is 5.91 Å². The average Bonchev–Trinajstić information content (AvgIpc) is 3.12. The number of ether oxygens (including phenoxy) is 2. The van der Waals surface area contributed by atoms with E-state index in [1.165, 1.54) is 11.8 Å². The molecule has 5 aromatic carbocycles. The van der Waals surface area contributed by atoms with E-state index in [1.54, 1.807) is 73.8 Å². The molecule has 0 aliphatic rings. The maximum absolute atomic E-state index is 13.8. The number of carbonyl (C=O) groups excluding carboxylic acids is 3. The summed E-state index contributed by atoms with van der Waals surface area (Å²) in [4.78, 5) is 41.3. The van der Waals surface area contributed by atoms with E-state index in [9.17, 15) is 14.4 Å². The fraction of sp³-hybridized carbons (Fsp3) is 0.103. The first kappa shape index (κ1) is 33.6.